The fraction of sp³-hybridized carbons (Fsp3) is 0.273. The summed E-state index contributed by atoms with van der Waals surface area (Å²) in [6.07, 6.45) is 2.16. The number of aromatic nitrogens is 2. The smallest absolute Gasteiger partial charge is 0.140 e. The van der Waals surface area contributed by atoms with E-state index in [1.165, 1.54) is 0 Å². The Morgan fingerprint density at radius 1 is 1.53 bits per heavy atom. The molecule has 0 saturated carbocycles. The van der Waals surface area contributed by atoms with E-state index in [0.717, 1.165) is 22.6 Å². The zero-order valence-electron chi connectivity index (χ0n) is 8.58. The first-order chi connectivity index (χ1) is 7.13. The third-order valence-corrected chi connectivity index (χ3v) is 2.62. The van der Waals surface area contributed by atoms with Gasteiger partial charge in [0.1, 0.15) is 5.65 Å². The van der Waals surface area contributed by atoms with Gasteiger partial charge in [-0.05, 0) is 25.5 Å². The second-order valence-corrected chi connectivity index (χ2v) is 3.95. The number of nitriles is 1. The normalized spacial score (nSPS) is 10.5. The van der Waals surface area contributed by atoms with Crippen molar-refractivity contribution >= 4 is 17.2 Å². The van der Waals surface area contributed by atoms with E-state index < -0.39 is 0 Å². The molecule has 0 amide bonds. The topological polar surface area (TPSA) is 41.1 Å². The Morgan fingerprint density at radius 3 is 2.93 bits per heavy atom. The summed E-state index contributed by atoms with van der Waals surface area (Å²) in [5, 5.41) is 9.40. The third kappa shape index (κ3) is 1.57. The highest BCUT2D eigenvalue weighted by molar-refractivity contribution is 6.30. The Morgan fingerprint density at radius 2 is 2.27 bits per heavy atom. The van der Waals surface area contributed by atoms with Crippen molar-refractivity contribution in [2.75, 3.05) is 0 Å². The van der Waals surface area contributed by atoms with Crippen LogP contribution in [0.4, 0.5) is 0 Å². The van der Waals surface area contributed by atoms with E-state index in [9.17, 15) is 0 Å². The molecular formula is C11H10ClN3. The number of imidazole rings is 1. The molecule has 0 aliphatic carbocycles. The fourth-order valence-electron chi connectivity index (χ4n) is 1.72. The molecule has 2 heterocycles. The van der Waals surface area contributed by atoms with Crippen LogP contribution in [-0.4, -0.2) is 9.38 Å². The Hall–Kier alpha value is -1.53. The van der Waals surface area contributed by atoms with Crippen LogP contribution in [0.25, 0.3) is 5.65 Å². The van der Waals surface area contributed by atoms with Gasteiger partial charge in [-0.2, -0.15) is 5.26 Å². The number of hydrogen-bond acceptors (Lipinski definition) is 2. The number of nitrogens with zero attached hydrogens (tertiary/aromatic N) is 3. The summed E-state index contributed by atoms with van der Waals surface area (Å²) in [6, 6.07) is 4.01. The quantitative estimate of drug-likeness (QED) is 0.740. The minimum Gasteiger partial charge on any atom is -0.301 e. The monoisotopic (exact) mass is 219 g/mol. The Labute approximate surface area is 92.9 Å². The predicted molar refractivity (Wildman–Crippen MR) is 59.0 cm³/mol. The fourth-order valence-corrected chi connectivity index (χ4v) is 1.98. The van der Waals surface area contributed by atoms with Gasteiger partial charge in [-0.25, -0.2) is 4.98 Å². The van der Waals surface area contributed by atoms with Gasteiger partial charge in [0.05, 0.1) is 28.9 Å². The molecule has 0 aliphatic heterocycles. The highest BCUT2D eigenvalue weighted by Gasteiger charge is 2.10. The Bertz CT molecular complexity index is 563. The van der Waals surface area contributed by atoms with Gasteiger partial charge in [-0.3, -0.25) is 0 Å². The summed E-state index contributed by atoms with van der Waals surface area (Å²) in [5.74, 6) is 0. The van der Waals surface area contributed by atoms with Crippen LogP contribution < -0.4 is 0 Å². The van der Waals surface area contributed by atoms with Crippen molar-refractivity contribution < 1.29 is 0 Å². The summed E-state index contributed by atoms with van der Waals surface area (Å²) in [4.78, 5) is 4.43. The van der Waals surface area contributed by atoms with Crippen LogP contribution in [0.5, 0.6) is 0 Å². The van der Waals surface area contributed by atoms with Crippen LogP contribution in [0.1, 0.15) is 17.0 Å². The van der Waals surface area contributed by atoms with Crippen LogP contribution in [0.15, 0.2) is 12.3 Å². The first kappa shape index (κ1) is 10.0. The van der Waals surface area contributed by atoms with E-state index in [1.54, 1.807) is 6.20 Å². The van der Waals surface area contributed by atoms with Crippen molar-refractivity contribution in [3.8, 4) is 6.07 Å². The molecule has 0 radical (unpaired) electrons. The molecule has 0 bridgehead atoms. The summed E-state index contributed by atoms with van der Waals surface area (Å²) >= 11 is 5.97. The number of fused-ring (bicyclic) bond motifs is 1. The van der Waals surface area contributed by atoms with Crippen LogP contribution >= 0.6 is 11.6 Å². The SMILES string of the molecule is Cc1nc2c(C)cc(Cl)cn2c1CC#N. The van der Waals surface area contributed by atoms with Gasteiger partial charge in [0, 0.05) is 6.20 Å². The number of hydrogen-bond donors (Lipinski definition) is 0. The highest BCUT2D eigenvalue weighted by Crippen LogP contribution is 2.20. The Kier molecular flexibility index (Phi) is 2.37. The molecule has 2 rings (SSSR count). The molecule has 0 N–H and O–H groups in total. The molecule has 0 spiro atoms. The minimum atomic E-state index is 0.354. The van der Waals surface area contributed by atoms with Gasteiger partial charge in [-0.15, -0.1) is 0 Å². The zero-order chi connectivity index (χ0) is 11.0. The molecule has 4 heteroatoms. The second kappa shape index (κ2) is 3.56. The summed E-state index contributed by atoms with van der Waals surface area (Å²) in [6.45, 7) is 3.87. The molecular weight excluding hydrogens is 210 g/mol. The van der Waals surface area contributed by atoms with E-state index in [4.69, 9.17) is 16.9 Å². The van der Waals surface area contributed by atoms with Crippen LogP contribution in [0, 0.1) is 25.2 Å². The van der Waals surface area contributed by atoms with Crippen LogP contribution in [0.2, 0.25) is 5.02 Å². The molecule has 3 nitrogen and oxygen atoms in total. The highest BCUT2D eigenvalue weighted by atomic mass is 35.5. The van der Waals surface area contributed by atoms with Gasteiger partial charge in [-0.1, -0.05) is 11.6 Å². The van der Waals surface area contributed by atoms with E-state index in [0.29, 0.717) is 11.4 Å². The molecule has 0 aromatic carbocycles. The summed E-state index contributed by atoms with van der Waals surface area (Å²) in [5.41, 5.74) is 3.71. The molecule has 0 saturated heterocycles. The lowest BCUT2D eigenvalue weighted by molar-refractivity contribution is 1.03. The number of aryl methyl sites for hydroxylation is 2. The molecule has 0 unspecified atom stereocenters. The van der Waals surface area contributed by atoms with E-state index in [1.807, 2.05) is 24.3 Å². The maximum Gasteiger partial charge on any atom is 0.140 e. The predicted octanol–water partition coefficient (Wildman–Crippen LogP) is 2.67. The number of rotatable bonds is 1. The van der Waals surface area contributed by atoms with E-state index in [2.05, 4.69) is 11.1 Å². The van der Waals surface area contributed by atoms with Gasteiger partial charge >= 0.3 is 0 Å². The van der Waals surface area contributed by atoms with Crippen LogP contribution in [-0.2, 0) is 6.42 Å². The number of halogens is 1. The summed E-state index contributed by atoms with van der Waals surface area (Å²) < 4.78 is 1.90. The molecule has 0 fully saturated rings. The van der Waals surface area contributed by atoms with Crippen molar-refractivity contribution in [3.63, 3.8) is 0 Å². The molecule has 2 aromatic heterocycles. The maximum atomic E-state index is 8.74. The maximum absolute atomic E-state index is 8.74. The lowest BCUT2D eigenvalue weighted by atomic mass is 10.2. The van der Waals surface area contributed by atoms with Crippen molar-refractivity contribution in [1.82, 2.24) is 9.38 Å². The van der Waals surface area contributed by atoms with Crippen molar-refractivity contribution in [2.45, 2.75) is 20.3 Å². The van der Waals surface area contributed by atoms with E-state index in [-0.39, 0.29) is 0 Å². The third-order valence-electron chi connectivity index (χ3n) is 2.42. The first-order valence-corrected chi connectivity index (χ1v) is 5.02. The number of pyridine rings is 1. The lowest BCUT2D eigenvalue weighted by Gasteiger charge is -2.01. The minimum absolute atomic E-state index is 0.354. The molecule has 2 aromatic rings. The van der Waals surface area contributed by atoms with Gasteiger partial charge in [0.2, 0.25) is 0 Å². The van der Waals surface area contributed by atoms with Crippen molar-refractivity contribution in [1.29, 1.82) is 5.26 Å². The molecule has 0 atom stereocenters. The lowest BCUT2D eigenvalue weighted by Crippen LogP contribution is -1.94. The zero-order valence-corrected chi connectivity index (χ0v) is 9.34. The first-order valence-electron chi connectivity index (χ1n) is 4.64. The Balaban J connectivity index is 2.81. The molecule has 0 aliphatic rings. The molecule has 76 valence electrons. The second-order valence-electron chi connectivity index (χ2n) is 3.51. The van der Waals surface area contributed by atoms with Crippen molar-refractivity contribution in [3.05, 3.63) is 34.2 Å². The van der Waals surface area contributed by atoms with E-state index >= 15 is 0 Å². The van der Waals surface area contributed by atoms with Gasteiger partial charge in [0.25, 0.3) is 0 Å². The average Bonchev–Trinajstić information content (AvgIpc) is 2.46. The summed E-state index contributed by atoms with van der Waals surface area (Å²) in [7, 11) is 0. The van der Waals surface area contributed by atoms with Crippen LogP contribution in [0.3, 0.4) is 0 Å². The average molecular weight is 220 g/mol. The standard InChI is InChI=1S/C11H10ClN3/c1-7-5-9(12)6-15-10(3-4-13)8(2)14-11(7)15/h5-6H,3H2,1-2H3. The largest absolute Gasteiger partial charge is 0.301 e. The van der Waals surface area contributed by atoms with Gasteiger partial charge < -0.3 is 4.40 Å². The van der Waals surface area contributed by atoms with Crippen molar-refractivity contribution in [2.24, 2.45) is 0 Å². The van der Waals surface area contributed by atoms with Gasteiger partial charge in [0.15, 0.2) is 0 Å². The molecule has 15 heavy (non-hydrogen) atoms.